The number of ketones is 1. The fourth-order valence-electron chi connectivity index (χ4n) is 2.23. The van der Waals surface area contributed by atoms with Crippen LogP contribution < -0.4 is 5.73 Å². The molecule has 0 amide bonds. The Labute approximate surface area is 84.1 Å². The molecule has 2 heteroatoms. The number of Topliss-reactive ketones (excluding diaryl/α,β-unsaturated/α-hetero) is 1. The van der Waals surface area contributed by atoms with Gasteiger partial charge in [0.1, 0.15) is 0 Å². The summed E-state index contributed by atoms with van der Waals surface area (Å²) in [4.78, 5) is 11.9. The first-order valence-corrected chi connectivity index (χ1v) is 4.92. The van der Waals surface area contributed by atoms with Gasteiger partial charge < -0.3 is 5.73 Å². The minimum atomic E-state index is -0.422. The second-order valence-corrected chi connectivity index (χ2v) is 4.46. The van der Waals surface area contributed by atoms with Crippen molar-refractivity contribution in [2.45, 2.75) is 31.7 Å². The van der Waals surface area contributed by atoms with E-state index in [9.17, 15) is 4.79 Å². The molecule has 1 unspecified atom stereocenters. The lowest BCUT2D eigenvalue weighted by Crippen LogP contribution is -2.48. The van der Waals surface area contributed by atoms with Gasteiger partial charge in [0.25, 0.3) is 0 Å². The molecule has 0 spiro atoms. The lowest BCUT2D eigenvalue weighted by atomic mass is 9.70. The first-order valence-electron chi connectivity index (χ1n) is 4.92. The number of rotatable bonds is 0. The van der Waals surface area contributed by atoms with Gasteiger partial charge in [-0.25, -0.2) is 0 Å². The zero-order valence-corrected chi connectivity index (χ0v) is 8.58. The van der Waals surface area contributed by atoms with Crippen LogP contribution in [0.2, 0.25) is 0 Å². The topological polar surface area (TPSA) is 43.1 Å². The van der Waals surface area contributed by atoms with E-state index in [0.29, 0.717) is 6.42 Å². The van der Waals surface area contributed by atoms with Crippen molar-refractivity contribution < 1.29 is 4.79 Å². The van der Waals surface area contributed by atoms with E-state index in [1.807, 2.05) is 32.0 Å². The van der Waals surface area contributed by atoms with Crippen LogP contribution in [0.5, 0.6) is 0 Å². The Kier molecular flexibility index (Phi) is 1.96. The molecule has 1 aliphatic carbocycles. The van der Waals surface area contributed by atoms with Crippen LogP contribution in [0.15, 0.2) is 24.3 Å². The van der Waals surface area contributed by atoms with Crippen LogP contribution in [-0.4, -0.2) is 11.8 Å². The third-order valence-corrected chi connectivity index (χ3v) is 3.08. The van der Waals surface area contributed by atoms with E-state index in [-0.39, 0.29) is 11.8 Å². The van der Waals surface area contributed by atoms with Crippen LogP contribution in [-0.2, 0) is 16.6 Å². The quantitative estimate of drug-likeness (QED) is 0.670. The fraction of sp³-hybridized carbons (Fsp3) is 0.417. The molecule has 0 saturated heterocycles. The largest absolute Gasteiger partial charge is 0.321 e. The van der Waals surface area contributed by atoms with E-state index in [1.54, 1.807) is 0 Å². The highest BCUT2D eigenvalue weighted by Gasteiger charge is 2.39. The Hall–Kier alpha value is -1.15. The third kappa shape index (κ3) is 1.18. The average Bonchev–Trinajstić information content (AvgIpc) is 2.15. The summed E-state index contributed by atoms with van der Waals surface area (Å²) in [6, 6.07) is 7.73. The molecule has 2 rings (SSSR count). The van der Waals surface area contributed by atoms with Crippen LogP contribution in [0.4, 0.5) is 0 Å². The Morgan fingerprint density at radius 3 is 2.71 bits per heavy atom. The van der Waals surface area contributed by atoms with Crippen LogP contribution in [0.25, 0.3) is 0 Å². The van der Waals surface area contributed by atoms with Crippen molar-refractivity contribution in [2.24, 2.45) is 5.73 Å². The maximum atomic E-state index is 11.9. The highest BCUT2D eigenvalue weighted by atomic mass is 16.1. The number of fused-ring (bicyclic) bond motifs is 1. The second-order valence-electron chi connectivity index (χ2n) is 4.46. The van der Waals surface area contributed by atoms with Gasteiger partial charge in [-0.2, -0.15) is 0 Å². The molecule has 0 fully saturated rings. The molecule has 2 N–H and O–H groups in total. The summed E-state index contributed by atoms with van der Waals surface area (Å²) in [7, 11) is 0. The summed E-state index contributed by atoms with van der Waals surface area (Å²) in [5.41, 5.74) is 7.74. The zero-order valence-electron chi connectivity index (χ0n) is 8.58. The van der Waals surface area contributed by atoms with E-state index >= 15 is 0 Å². The number of carbonyl (C=O) groups excluding carboxylic acids is 1. The summed E-state index contributed by atoms with van der Waals surface area (Å²) in [6.07, 6.45) is 0.679. The van der Waals surface area contributed by atoms with Crippen LogP contribution >= 0.6 is 0 Å². The van der Waals surface area contributed by atoms with Gasteiger partial charge in [-0.3, -0.25) is 4.79 Å². The summed E-state index contributed by atoms with van der Waals surface area (Å²) in [6.45, 7) is 3.90. The van der Waals surface area contributed by atoms with Crippen LogP contribution in [0.3, 0.4) is 0 Å². The van der Waals surface area contributed by atoms with E-state index in [2.05, 4.69) is 6.07 Å². The first-order chi connectivity index (χ1) is 6.53. The first kappa shape index (κ1) is 9.41. The molecule has 0 radical (unpaired) electrons. The number of benzene rings is 1. The highest BCUT2D eigenvalue weighted by molar-refractivity contribution is 5.95. The number of nitrogens with two attached hydrogens (primary N) is 1. The molecule has 0 heterocycles. The standard InChI is InChI=1S/C12H15NO/c1-12(2)9-6-4-3-5-8(9)7-10(13)11(12)14/h3-6,10H,7,13H2,1-2H3. The number of carbonyl (C=O) groups is 1. The minimum Gasteiger partial charge on any atom is -0.321 e. The van der Waals surface area contributed by atoms with Gasteiger partial charge in [0.2, 0.25) is 0 Å². The zero-order chi connectivity index (χ0) is 10.3. The molecule has 14 heavy (non-hydrogen) atoms. The monoisotopic (exact) mass is 189 g/mol. The van der Waals surface area contributed by atoms with Crippen molar-refractivity contribution in [2.75, 3.05) is 0 Å². The van der Waals surface area contributed by atoms with Gasteiger partial charge in [0.05, 0.1) is 11.5 Å². The molecule has 0 aromatic heterocycles. The molecule has 0 bridgehead atoms. The smallest absolute Gasteiger partial charge is 0.159 e. The Bertz CT molecular complexity index is 382. The molecule has 1 aromatic carbocycles. The maximum absolute atomic E-state index is 11.9. The van der Waals surface area contributed by atoms with Crippen LogP contribution in [0, 0.1) is 0 Å². The van der Waals surface area contributed by atoms with E-state index in [4.69, 9.17) is 5.73 Å². The van der Waals surface area contributed by atoms with Gasteiger partial charge in [0.15, 0.2) is 5.78 Å². The van der Waals surface area contributed by atoms with Gasteiger partial charge in [-0.1, -0.05) is 24.3 Å². The summed E-state index contributed by atoms with van der Waals surface area (Å²) < 4.78 is 0. The van der Waals surface area contributed by atoms with Gasteiger partial charge in [-0.05, 0) is 31.4 Å². The van der Waals surface area contributed by atoms with Crippen molar-refractivity contribution in [1.29, 1.82) is 0 Å². The second kappa shape index (κ2) is 2.92. The molecule has 2 nitrogen and oxygen atoms in total. The summed E-state index contributed by atoms with van der Waals surface area (Å²) >= 11 is 0. The molecule has 1 aliphatic rings. The SMILES string of the molecule is CC1(C)C(=O)C(N)Cc2ccccc21. The highest BCUT2D eigenvalue weighted by Crippen LogP contribution is 2.33. The van der Waals surface area contributed by atoms with Crippen molar-refractivity contribution in [3.05, 3.63) is 35.4 Å². The van der Waals surface area contributed by atoms with Crippen LogP contribution in [0.1, 0.15) is 25.0 Å². The normalized spacial score (nSPS) is 24.5. The molecule has 0 saturated carbocycles. The summed E-state index contributed by atoms with van der Waals surface area (Å²) in [5, 5.41) is 0. The van der Waals surface area contributed by atoms with Crippen molar-refractivity contribution in [3.8, 4) is 0 Å². The van der Waals surface area contributed by atoms with E-state index < -0.39 is 5.41 Å². The van der Waals surface area contributed by atoms with Crippen molar-refractivity contribution in [1.82, 2.24) is 0 Å². The molecule has 1 atom stereocenters. The van der Waals surface area contributed by atoms with Crippen molar-refractivity contribution >= 4 is 5.78 Å². The molecular formula is C12H15NO. The van der Waals surface area contributed by atoms with E-state index in [1.165, 1.54) is 5.56 Å². The van der Waals surface area contributed by atoms with Crippen molar-refractivity contribution in [3.63, 3.8) is 0 Å². The minimum absolute atomic E-state index is 0.149. The van der Waals surface area contributed by atoms with Gasteiger partial charge in [-0.15, -0.1) is 0 Å². The Morgan fingerprint density at radius 1 is 1.36 bits per heavy atom. The number of hydrogen-bond acceptors (Lipinski definition) is 2. The van der Waals surface area contributed by atoms with E-state index in [0.717, 1.165) is 5.56 Å². The average molecular weight is 189 g/mol. The predicted molar refractivity (Wildman–Crippen MR) is 56.2 cm³/mol. The molecular weight excluding hydrogens is 174 g/mol. The fourth-order valence-corrected chi connectivity index (χ4v) is 2.23. The third-order valence-electron chi connectivity index (χ3n) is 3.08. The summed E-state index contributed by atoms with van der Waals surface area (Å²) in [5.74, 6) is 0.149. The lowest BCUT2D eigenvalue weighted by molar-refractivity contribution is -0.125. The van der Waals surface area contributed by atoms with Gasteiger partial charge >= 0.3 is 0 Å². The maximum Gasteiger partial charge on any atom is 0.159 e. The Morgan fingerprint density at radius 2 is 2.00 bits per heavy atom. The number of hydrogen-bond donors (Lipinski definition) is 1. The predicted octanol–water partition coefficient (Wildman–Crippen LogP) is 1.42. The molecule has 0 aliphatic heterocycles. The molecule has 74 valence electrons. The van der Waals surface area contributed by atoms with Gasteiger partial charge in [0, 0.05) is 0 Å². The lowest BCUT2D eigenvalue weighted by Gasteiger charge is -2.34. The molecule has 1 aromatic rings. The Balaban J connectivity index is 2.60.